The molecule has 1 saturated heterocycles. The van der Waals surface area contributed by atoms with Crippen LogP contribution in [0.15, 0.2) is 18.2 Å². The maximum Gasteiger partial charge on any atom is 0.327 e. The third-order valence-electron chi connectivity index (χ3n) is 3.57. The number of nitrogens with zero attached hydrogens (tertiary/aromatic N) is 2. The summed E-state index contributed by atoms with van der Waals surface area (Å²) in [7, 11) is 4.38. The van der Waals surface area contributed by atoms with Gasteiger partial charge in [0.2, 0.25) is 0 Å². The zero-order chi connectivity index (χ0) is 19.3. The first-order chi connectivity index (χ1) is 12.3. The molecule has 2 rings (SSSR count). The summed E-state index contributed by atoms with van der Waals surface area (Å²) in [5, 5.41) is 2.53. The number of methoxy groups -OCH3 is 2. The second-order valence-electron chi connectivity index (χ2n) is 5.39. The van der Waals surface area contributed by atoms with Crippen molar-refractivity contribution < 1.29 is 33.4 Å². The highest BCUT2D eigenvalue weighted by atomic mass is 16.5. The number of amides is 4. The number of esters is 1. The minimum atomic E-state index is -0.862. The van der Waals surface area contributed by atoms with Crippen molar-refractivity contribution in [3.05, 3.63) is 18.2 Å². The summed E-state index contributed by atoms with van der Waals surface area (Å²) in [6.45, 7) is -1.20. The highest BCUT2D eigenvalue weighted by molar-refractivity contribution is 6.04. The van der Waals surface area contributed by atoms with Crippen LogP contribution >= 0.6 is 0 Å². The van der Waals surface area contributed by atoms with Crippen LogP contribution in [0, 0.1) is 0 Å². The van der Waals surface area contributed by atoms with Gasteiger partial charge in [-0.1, -0.05) is 0 Å². The third kappa shape index (κ3) is 4.41. The molecular weight excluding hydrogens is 346 g/mol. The van der Waals surface area contributed by atoms with Crippen molar-refractivity contribution in [3.8, 4) is 11.5 Å². The Morgan fingerprint density at radius 1 is 1.19 bits per heavy atom. The summed E-state index contributed by atoms with van der Waals surface area (Å²) >= 11 is 0. The quantitative estimate of drug-likeness (QED) is 0.537. The van der Waals surface area contributed by atoms with Gasteiger partial charge in [-0.25, -0.2) is 4.79 Å². The molecule has 10 heteroatoms. The Hall–Kier alpha value is -3.30. The van der Waals surface area contributed by atoms with E-state index in [0.717, 1.165) is 4.90 Å². The molecule has 0 radical (unpaired) electrons. The molecule has 0 aromatic heterocycles. The first-order valence-electron chi connectivity index (χ1n) is 7.58. The van der Waals surface area contributed by atoms with Gasteiger partial charge in [-0.3, -0.25) is 19.3 Å². The minimum Gasteiger partial charge on any atom is -0.497 e. The Bertz CT molecular complexity index is 735. The summed E-state index contributed by atoms with van der Waals surface area (Å²) in [4.78, 5) is 48.9. The lowest BCUT2D eigenvalue weighted by Gasteiger charge is -2.14. The number of hydrogen-bond acceptors (Lipinski definition) is 7. The van der Waals surface area contributed by atoms with Crippen molar-refractivity contribution in [1.29, 1.82) is 0 Å². The van der Waals surface area contributed by atoms with E-state index in [-0.39, 0.29) is 6.54 Å². The van der Waals surface area contributed by atoms with E-state index in [1.807, 2.05) is 0 Å². The van der Waals surface area contributed by atoms with Crippen molar-refractivity contribution in [3.63, 3.8) is 0 Å². The van der Waals surface area contributed by atoms with E-state index >= 15 is 0 Å². The van der Waals surface area contributed by atoms with Gasteiger partial charge in [0, 0.05) is 13.1 Å². The van der Waals surface area contributed by atoms with E-state index in [0.29, 0.717) is 17.2 Å². The van der Waals surface area contributed by atoms with Crippen molar-refractivity contribution in [2.45, 2.75) is 0 Å². The minimum absolute atomic E-state index is 0.0934. The average Bonchev–Trinajstić information content (AvgIpc) is 2.86. The predicted molar refractivity (Wildman–Crippen MR) is 88.9 cm³/mol. The monoisotopic (exact) mass is 365 g/mol. The van der Waals surface area contributed by atoms with Crippen LogP contribution in [0.1, 0.15) is 0 Å². The molecule has 1 aromatic rings. The van der Waals surface area contributed by atoms with Gasteiger partial charge in [-0.2, -0.15) is 0 Å². The lowest BCUT2D eigenvalue weighted by Crippen LogP contribution is -2.37. The second kappa shape index (κ2) is 8.19. The molecule has 1 aliphatic rings. The van der Waals surface area contributed by atoms with Gasteiger partial charge < -0.3 is 24.4 Å². The molecule has 1 aliphatic heterocycles. The fourth-order valence-electron chi connectivity index (χ4n) is 2.23. The Labute approximate surface area is 149 Å². The van der Waals surface area contributed by atoms with E-state index in [9.17, 15) is 19.2 Å². The van der Waals surface area contributed by atoms with E-state index in [1.165, 1.54) is 26.2 Å². The smallest absolute Gasteiger partial charge is 0.327 e. The molecule has 1 heterocycles. The van der Waals surface area contributed by atoms with Gasteiger partial charge in [0.15, 0.2) is 6.61 Å². The van der Waals surface area contributed by atoms with Crippen LogP contribution < -0.4 is 14.8 Å². The molecule has 0 unspecified atom stereocenters. The molecule has 140 valence electrons. The summed E-state index contributed by atoms with van der Waals surface area (Å²) in [6.07, 6.45) is 0. The van der Waals surface area contributed by atoms with Crippen molar-refractivity contribution in [2.75, 3.05) is 46.3 Å². The molecule has 4 amide bonds. The lowest BCUT2D eigenvalue weighted by molar-refractivity contribution is -0.149. The summed E-state index contributed by atoms with van der Waals surface area (Å²) in [5.74, 6) is -1.03. The SMILES string of the molecule is COc1ccc(NC(=O)COC(=O)CN2C(=O)CN(C)C2=O)c(OC)c1. The molecule has 0 spiro atoms. The van der Waals surface area contributed by atoms with Gasteiger partial charge in [-0.15, -0.1) is 0 Å². The summed E-state index contributed by atoms with van der Waals surface area (Å²) in [6, 6.07) is 4.21. The van der Waals surface area contributed by atoms with Crippen molar-refractivity contribution in [2.24, 2.45) is 0 Å². The fourth-order valence-corrected chi connectivity index (χ4v) is 2.23. The Morgan fingerprint density at radius 2 is 1.92 bits per heavy atom. The zero-order valence-corrected chi connectivity index (χ0v) is 14.6. The maximum atomic E-state index is 11.9. The Balaban J connectivity index is 1.86. The topological polar surface area (TPSA) is 114 Å². The molecular formula is C16H19N3O7. The van der Waals surface area contributed by atoms with E-state index < -0.39 is 37.0 Å². The largest absolute Gasteiger partial charge is 0.497 e. The molecule has 0 aliphatic carbocycles. The summed E-state index contributed by atoms with van der Waals surface area (Å²) < 4.78 is 15.0. The maximum absolute atomic E-state index is 11.9. The lowest BCUT2D eigenvalue weighted by atomic mass is 10.2. The van der Waals surface area contributed by atoms with E-state index in [4.69, 9.17) is 14.2 Å². The number of likely N-dealkylation sites (N-methyl/N-ethyl adjacent to an activating group) is 1. The average molecular weight is 365 g/mol. The van der Waals surface area contributed by atoms with Crippen molar-refractivity contribution in [1.82, 2.24) is 9.80 Å². The molecule has 26 heavy (non-hydrogen) atoms. The standard InChI is InChI=1S/C16H19N3O7/c1-18-7-14(21)19(16(18)23)8-15(22)26-9-13(20)17-11-5-4-10(24-2)6-12(11)25-3/h4-6H,7-9H2,1-3H3,(H,17,20). The number of benzene rings is 1. The molecule has 1 N–H and O–H groups in total. The second-order valence-corrected chi connectivity index (χ2v) is 5.39. The molecule has 1 aromatic carbocycles. The van der Waals surface area contributed by atoms with E-state index in [2.05, 4.69) is 5.32 Å². The third-order valence-corrected chi connectivity index (χ3v) is 3.57. The fraction of sp³-hybridized carbons (Fsp3) is 0.375. The number of carbonyl (C=O) groups excluding carboxylic acids is 4. The van der Waals surface area contributed by atoms with Crippen molar-refractivity contribution >= 4 is 29.5 Å². The number of anilines is 1. The van der Waals surface area contributed by atoms with Gasteiger partial charge in [0.1, 0.15) is 24.6 Å². The van der Waals surface area contributed by atoms with Crippen LogP contribution in [0.5, 0.6) is 11.5 Å². The highest BCUT2D eigenvalue weighted by Gasteiger charge is 2.35. The first-order valence-corrected chi connectivity index (χ1v) is 7.58. The molecule has 0 saturated carbocycles. The van der Waals surface area contributed by atoms with Crippen LogP contribution in [-0.2, 0) is 19.1 Å². The number of imide groups is 1. The Kier molecular flexibility index (Phi) is 5.99. The van der Waals surface area contributed by atoms with Crippen LogP contribution in [0.3, 0.4) is 0 Å². The van der Waals surface area contributed by atoms with Gasteiger partial charge in [0.05, 0.1) is 19.9 Å². The number of carbonyl (C=O) groups is 4. The number of ether oxygens (including phenoxy) is 3. The first kappa shape index (κ1) is 19.0. The predicted octanol–water partition coefficient (Wildman–Crippen LogP) is 0.0795. The van der Waals surface area contributed by atoms with E-state index in [1.54, 1.807) is 18.2 Å². The van der Waals surface area contributed by atoms with Gasteiger partial charge in [0.25, 0.3) is 11.8 Å². The van der Waals surface area contributed by atoms with Crippen LogP contribution in [-0.4, -0.2) is 74.6 Å². The molecule has 10 nitrogen and oxygen atoms in total. The molecule has 0 atom stereocenters. The molecule has 1 fully saturated rings. The van der Waals surface area contributed by atoms with Crippen LogP contribution in [0.4, 0.5) is 10.5 Å². The van der Waals surface area contributed by atoms with Crippen LogP contribution in [0.25, 0.3) is 0 Å². The number of nitrogens with one attached hydrogen (secondary N) is 1. The van der Waals surface area contributed by atoms with Gasteiger partial charge in [-0.05, 0) is 12.1 Å². The molecule has 0 bridgehead atoms. The number of rotatable bonds is 7. The Morgan fingerprint density at radius 3 is 2.50 bits per heavy atom. The highest BCUT2D eigenvalue weighted by Crippen LogP contribution is 2.28. The van der Waals surface area contributed by atoms with Crippen LogP contribution in [0.2, 0.25) is 0 Å². The normalized spacial score (nSPS) is 13.7. The number of urea groups is 1. The zero-order valence-electron chi connectivity index (χ0n) is 14.6. The summed E-state index contributed by atoms with van der Waals surface area (Å²) in [5.41, 5.74) is 0.376. The number of hydrogen-bond donors (Lipinski definition) is 1. The van der Waals surface area contributed by atoms with Gasteiger partial charge >= 0.3 is 12.0 Å².